The highest BCUT2D eigenvalue weighted by Gasteiger charge is 2.42. The average molecular weight is 390 g/mol. The van der Waals surface area contributed by atoms with E-state index in [-0.39, 0.29) is 5.78 Å². The fourth-order valence-electron chi connectivity index (χ4n) is 3.73. The maximum absolute atomic E-state index is 13.1. The molecule has 0 aromatic heterocycles. The van der Waals surface area contributed by atoms with Crippen LogP contribution in [0.25, 0.3) is 12.2 Å². The van der Waals surface area contributed by atoms with Gasteiger partial charge in [0, 0.05) is 13.1 Å². The molecule has 3 heteroatoms. The van der Waals surface area contributed by atoms with Crippen LogP contribution in [0.3, 0.4) is 0 Å². The topological polar surface area (TPSA) is 40.5 Å². The second-order valence-electron chi connectivity index (χ2n) is 8.08. The summed E-state index contributed by atoms with van der Waals surface area (Å²) in [5, 5.41) is 11.4. The molecule has 1 aliphatic heterocycles. The number of allylic oxidation sites excluding steroid dienone is 1. The van der Waals surface area contributed by atoms with Crippen molar-refractivity contribution in [3.8, 4) is 0 Å². The van der Waals surface area contributed by atoms with Gasteiger partial charge in [0.15, 0.2) is 5.78 Å². The molecule has 3 rings (SSSR count). The van der Waals surface area contributed by atoms with Gasteiger partial charge in [0.2, 0.25) is 0 Å². The van der Waals surface area contributed by atoms with Crippen LogP contribution in [0.1, 0.15) is 35.6 Å². The number of rotatable bonds is 6. The maximum atomic E-state index is 13.1. The summed E-state index contributed by atoms with van der Waals surface area (Å²) in [6.45, 7) is 8.43. The lowest BCUT2D eigenvalue weighted by Crippen LogP contribution is -2.53. The van der Waals surface area contributed by atoms with Gasteiger partial charge in [-0.2, -0.15) is 0 Å². The first-order valence-electron chi connectivity index (χ1n) is 10.4. The third-order valence-electron chi connectivity index (χ3n) is 5.82. The Hall–Kier alpha value is -2.49. The minimum Gasteiger partial charge on any atom is -0.385 e. The number of piperidine rings is 1. The van der Waals surface area contributed by atoms with Crippen LogP contribution >= 0.6 is 0 Å². The summed E-state index contributed by atoms with van der Waals surface area (Å²) in [4.78, 5) is 15.3. The van der Waals surface area contributed by atoms with Crippen LogP contribution in [0.5, 0.6) is 0 Å². The molecule has 1 fully saturated rings. The van der Waals surface area contributed by atoms with Crippen LogP contribution in [0.15, 0.2) is 60.7 Å². The first-order valence-corrected chi connectivity index (χ1v) is 10.4. The predicted octanol–water partition coefficient (Wildman–Crippen LogP) is 4.67. The summed E-state index contributed by atoms with van der Waals surface area (Å²) < 4.78 is 0. The predicted molar refractivity (Wildman–Crippen MR) is 121 cm³/mol. The Morgan fingerprint density at radius 1 is 1.03 bits per heavy atom. The molecule has 1 heterocycles. The van der Waals surface area contributed by atoms with E-state index in [0.29, 0.717) is 13.0 Å². The molecular weight excluding hydrogens is 358 g/mol. The Balaban J connectivity index is 1.81. The zero-order chi connectivity index (χ0) is 20.9. The first kappa shape index (κ1) is 21.2. The van der Waals surface area contributed by atoms with E-state index >= 15 is 0 Å². The van der Waals surface area contributed by atoms with Gasteiger partial charge in [-0.1, -0.05) is 84.8 Å². The van der Waals surface area contributed by atoms with E-state index in [1.54, 1.807) is 6.08 Å². The number of hydrogen-bond donors (Lipinski definition) is 1. The minimum atomic E-state index is -1.13. The highest BCUT2D eigenvalue weighted by Crippen LogP contribution is 2.31. The van der Waals surface area contributed by atoms with E-state index in [0.717, 1.165) is 24.2 Å². The summed E-state index contributed by atoms with van der Waals surface area (Å²) >= 11 is 0. The number of ketones is 1. The average Bonchev–Trinajstić information content (AvgIpc) is 2.73. The number of benzene rings is 2. The molecule has 0 aliphatic carbocycles. The molecule has 2 aromatic carbocycles. The van der Waals surface area contributed by atoms with E-state index < -0.39 is 11.5 Å². The van der Waals surface area contributed by atoms with Crippen molar-refractivity contribution in [1.82, 2.24) is 4.90 Å². The van der Waals surface area contributed by atoms with Crippen LogP contribution in [0.4, 0.5) is 0 Å². The van der Waals surface area contributed by atoms with Gasteiger partial charge in [0.1, 0.15) is 0 Å². The molecule has 3 nitrogen and oxygen atoms in total. The lowest BCUT2D eigenvalue weighted by atomic mass is 9.77. The number of hydrogen-bond acceptors (Lipinski definition) is 3. The fourth-order valence-corrected chi connectivity index (χ4v) is 3.73. The number of carbonyl (C=O) groups is 1. The van der Waals surface area contributed by atoms with Crippen molar-refractivity contribution < 1.29 is 9.90 Å². The molecule has 0 amide bonds. The van der Waals surface area contributed by atoms with Gasteiger partial charge in [-0.05, 0) is 44.0 Å². The molecular formula is C26H31NO2. The van der Waals surface area contributed by atoms with Crippen LogP contribution in [-0.4, -0.2) is 41.0 Å². The van der Waals surface area contributed by atoms with Gasteiger partial charge in [-0.15, -0.1) is 0 Å². The van der Waals surface area contributed by atoms with Crippen molar-refractivity contribution in [1.29, 1.82) is 0 Å². The highest BCUT2D eigenvalue weighted by molar-refractivity contribution is 5.96. The molecule has 0 bridgehead atoms. The number of aliphatic hydroxyl groups is 1. The Morgan fingerprint density at radius 3 is 2.14 bits per heavy atom. The Bertz CT molecular complexity index is 880. The monoisotopic (exact) mass is 389 g/mol. The van der Waals surface area contributed by atoms with E-state index in [1.165, 1.54) is 11.1 Å². The van der Waals surface area contributed by atoms with Crippen LogP contribution in [-0.2, 0) is 4.79 Å². The van der Waals surface area contributed by atoms with Crippen molar-refractivity contribution in [3.05, 3.63) is 82.9 Å². The highest BCUT2D eigenvalue weighted by atomic mass is 16.3. The fraction of sp³-hybridized carbons (Fsp3) is 0.346. The summed E-state index contributed by atoms with van der Waals surface area (Å²) in [5.74, 6) is -0.501. The van der Waals surface area contributed by atoms with Gasteiger partial charge >= 0.3 is 0 Å². The third kappa shape index (κ3) is 5.53. The molecule has 0 radical (unpaired) electrons. The van der Waals surface area contributed by atoms with Crippen molar-refractivity contribution in [2.75, 3.05) is 19.6 Å². The lowest BCUT2D eigenvalue weighted by Gasteiger charge is -2.41. The smallest absolute Gasteiger partial charge is 0.163 e. The Labute approximate surface area is 174 Å². The zero-order valence-corrected chi connectivity index (χ0v) is 17.6. The van der Waals surface area contributed by atoms with Crippen LogP contribution in [0, 0.1) is 19.8 Å². The van der Waals surface area contributed by atoms with E-state index in [9.17, 15) is 9.90 Å². The van der Waals surface area contributed by atoms with Crippen LogP contribution in [0.2, 0.25) is 0 Å². The summed E-state index contributed by atoms with van der Waals surface area (Å²) in [7, 11) is 0. The Morgan fingerprint density at radius 2 is 1.59 bits per heavy atom. The Kier molecular flexibility index (Phi) is 6.83. The number of aryl methyl sites for hydroxylation is 2. The van der Waals surface area contributed by atoms with E-state index in [2.05, 4.69) is 30.9 Å². The number of likely N-dealkylation sites (tertiary alicyclic amines) is 1. The molecule has 0 saturated carbocycles. The molecule has 1 saturated heterocycles. The second kappa shape index (κ2) is 9.34. The maximum Gasteiger partial charge on any atom is 0.163 e. The standard InChI is InChI=1S/C26H31NO2/c1-4-27-18-17-26(29,16-15-23-11-7-21(3)8-12-23)24(19-27)25(28)14-13-22-9-5-20(2)6-10-22/h5-16,24,29H,4,17-19H2,1-3H3/b14-13+,16-15+. The summed E-state index contributed by atoms with van der Waals surface area (Å²) in [6, 6.07) is 16.2. The van der Waals surface area contributed by atoms with Gasteiger partial charge in [0.25, 0.3) is 0 Å². The third-order valence-corrected chi connectivity index (χ3v) is 5.82. The molecule has 29 heavy (non-hydrogen) atoms. The lowest BCUT2D eigenvalue weighted by molar-refractivity contribution is -0.129. The first-order chi connectivity index (χ1) is 13.9. The molecule has 2 unspecified atom stereocenters. The van der Waals surface area contributed by atoms with Crippen molar-refractivity contribution in [3.63, 3.8) is 0 Å². The van der Waals surface area contributed by atoms with Crippen molar-refractivity contribution >= 4 is 17.9 Å². The molecule has 1 N–H and O–H groups in total. The summed E-state index contributed by atoms with van der Waals surface area (Å²) in [6.07, 6.45) is 7.78. The normalized spacial score (nSPS) is 23.1. The van der Waals surface area contributed by atoms with Gasteiger partial charge in [0.05, 0.1) is 11.5 Å². The molecule has 152 valence electrons. The largest absolute Gasteiger partial charge is 0.385 e. The van der Waals surface area contributed by atoms with Crippen molar-refractivity contribution in [2.45, 2.75) is 32.8 Å². The van der Waals surface area contributed by atoms with Gasteiger partial charge in [-0.3, -0.25) is 4.79 Å². The molecule has 2 aromatic rings. The van der Waals surface area contributed by atoms with E-state index in [1.807, 2.05) is 61.5 Å². The second-order valence-corrected chi connectivity index (χ2v) is 8.08. The molecule has 1 aliphatic rings. The number of carbonyl (C=O) groups excluding carboxylic acids is 1. The van der Waals surface area contributed by atoms with Crippen molar-refractivity contribution in [2.24, 2.45) is 5.92 Å². The zero-order valence-electron chi connectivity index (χ0n) is 17.6. The molecule has 2 atom stereocenters. The SMILES string of the molecule is CCN1CCC(O)(/C=C/c2ccc(C)cc2)C(C(=O)/C=C/c2ccc(C)cc2)C1. The van der Waals surface area contributed by atoms with Crippen LogP contribution < -0.4 is 0 Å². The summed E-state index contributed by atoms with van der Waals surface area (Å²) in [5.41, 5.74) is 3.28. The minimum absolute atomic E-state index is 0.0280. The van der Waals surface area contributed by atoms with Gasteiger partial charge in [-0.25, -0.2) is 0 Å². The van der Waals surface area contributed by atoms with E-state index in [4.69, 9.17) is 0 Å². The van der Waals surface area contributed by atoms with Gasteiger partial charge < -0.3 is 10.0 Å². The molecule has 0 spiro atoms. The number of nitrogens with zero attached hydrogens (tertiary/aromatic N) is 1. The quantitative estimate of drug-likeness (QED) is 0.730.